The normalized spacial score (nSPS) is 17.0. The molecule has 2 aromatic rings. The highest BCUT2D eigenvalue weighted by atomic mass is 16.3. The Hall–Kier alpha value is -2.05. The van der Waals surface area contributed by atoms with Crippen LogP contribution >= 0.6 is 0 Å². The first-order chi connectivity index (χ1) is 9.17. The summed E-state index contributed by atoms with van der Waals surface area (Å²) in [7, 11) is 0. The second-order valence-corrected chi connectivity index (χ2v) is 5.22. The van der Waals surface area contributed by atoms with Gasteiger partial charge >= 0.3 is 0 Å². The van der Waals surface area contributed by atoms with E-state index >= 15 is 0 Å². The molecule has 1 saturated heterocycles. The lowest BCUT2D eigenvalue weighted by molar-refractivity contribution is 0.00869. The lowest BCUT2D eigenvalue weighted by Gasteiger charge is -2.48. The smallest absolute Gasteiger partial charge is 0.0998 e. The third-order valence-electron chi connectivity index (χ3n) is 3.99. The predicted molar refractivity (Wildman–Crippen MR) is 76.1 cm³/mol. The third kappa shape index (κ3) is 1.85. The minimum atomic E-state index is -0.547. The van der Waals surface area contributed by atoms with E-state index in [9.17, 15) is 5.11 Å². The van der Waals surface area contributed by atoms with Gasteiger partial charge in [0.05, 0.1) is 17.2 Å². The van der Waals surface area contributed by atoms with Crippen LogP contribution in [0.5, 0.6) is 0 Å². The molecule has 19 heavy (non-hydrogen) atoms. The highest BCUT2D eigenvalue weighted by molar-refractivity contribution is 5.98. The number of nitrogens with zero attached hydrogens (tertiary/aromatic N) is 2. The van der Waals surface area contributed by atoms with Gasteiger partial charge in [-0.25, -0.2) is 0 Å². The summed E-state index contributed by atoms with van der Waals surface area (Å²) < 4.78 is 0. The summed E-state index contributed by atoms with van der Waals surface area (Å²) >= 11 is 0. The van der Waals surface area contributed by atoms with Gasteiger partial charge in [-0.1, -0.05) is 31.2 Å². The van der Waals surface area contributed by atoms with E-state index in [1.807, 2.05) is 43.3 Å². The molecular weight excluding hydrogens is 236 g/mol. The number of β-amino-alcohol motifs (C(OH)–C–C–N with tert-alkyl or cyclic N) is 1. The Morgan fingerprint density at radius 3 is 2.53 bits per heavy atom. The molecule has 3 nitrogen and oxygen atoms in total. The Kier molecular flexibility index (Phi) is 2.69. The standard InChI is InChI=1S/C16H16N2O/c1-2-16(19)10-18(11-16)15-8-7-12(9-17)13-5-3-4-6-14(13)15/h3-8,19H,2,10-11H2,1H3. The zero-order valence-corrected chi connectivity index (χ0v) is 10.9. The second-order valence-electron chi connectivity index (χ2n) is 5.22. The van der Waals surface area contributed by atoms with Crippen molar-refractivity contribution < 1.29 is 5.11 Å². The summed E-state index contributed by atoms with van der Waals surface area (Å²) in [5.74, 6) is 0. The van der Waals surface area contributed by atoms with E-state index in [4.69, 9.17) is 5.26 Å². The van der Waals surface area contributed by atoms with Gasteiger partial charge in [-0.15, -0.1) is 0 Å². The Balaban J connectivity index is 2.05. The Morgan fingerprint density at radius 2 is 1.89 bits per heavy atom. The molecule has 1 fully saturated rings. The Labute approximate surface area is 112 Å². The van der Waals surface area contributed by atoms with E-state index in [0.717, 1.165) is 22.9 Å². The van der Waals surface area contributed by atoms with Crippen molar-refractivity contribution in [3.63, 3.8) is 0 Å². The van der Waals surface area contributed by atoms with Gasteiger partial charge in [-0.2, -0.15) is 5.26 Å². The van der Waals surface area contributed by atoms with Gasteiger partial charge < -0.3 is 10.0 Å². The van der Waals surface area contributed by atoms with E-state index in [1.165, 1.54) is 0 Å². The number of nitriles is 1. The topological polar surface area (TPSA) is 47.3 Å². The Bertz CT molecular complexity index is 666. The van der Waals surface area contributed by atoms with Crippen LogP contribution in [-0.2, 0) is 0 Å². The fourth-order valence-corrected chi connectivity index (χ4v) is 2.71. The largest absolute Gasteiger partial charge is 0.386 e. The molecule has 0 saturated carbocycles. The first-order valence-corrected chi connectivity index (χ1v) is 6.56. The number of hydrogen-bond donors (Lipinski definition) is 1. The van der Waals surface area contributed by atoms with Crippen LogP contribution in [0.15, 0.2) is 36.4 Å². The summed E-state index contributed by atoms with van der Waals surface area (Å²) in [6, 6.07) is 14.0. The number of hydrogen-bond acceptors (Lipinski definition) is 3. The molecule has 0 aliphatic carbocycles. The molecule has 0 amide bonds. The van der Waals surface area contributed by atoms with Gasteiger partial charge in [0.1, 0.15) is 0 Å². The summed E-state index contributed by atoms with van der Waals surface area (Å²) in [4.78, 5) is 2.17. The van der Waals surface area contributed by atoms with Crippen molar-refractivity contribution in [1.29, 1.82) is 5.26 Å². The number of aliphatic hydroxyl groups is 1. The van der Waals surface area contributed by atoms with Crippen LogP contribution in [0.2, 0.25) is 0 Å². The highest BCUT2D eigenvalue weighted by Crippen LogP contribution is 2.35. The maximum absolute atomic E-state index is 10.1. The number of anilines is 1. The number of rotatable bonds is 2. The second kappa shape index (κ2) is 4.25. The molecule has 0 spiro atoms. The van der Waals surface area contributed by atoms with E-state index in [1.54, 1.807) is 0 Å². The minimum absolute atomic E-state index is 0.547. The first kappa shape index (κ1) is 12.0. The van der Waals surface area contributed by atoms with Crippen LogP contribution in [0, 0.1) is 11.3 Å². The van der Waals surface area contributed by atoms with E-state index in [0.29, 0.717) is 18.7 Å². The summed E-state index contributed by atoms with van der Waals surface area (Å²) in [6.07, 6.45) is 0.776. The van der Waals surface area contributed by atoms with Gasteiger partial charge in [-0.3, -0.25) is 0 Å². The van der Waals surface area contributed by atoms with Crippen molar-refractivity contribution in [2.45, 2.75) is 18.9 Å². The van der Waals surface area contributed by atoms with Crippen LogP contribution < -0.4 is 4.90 Å². The SMILES string of the molecule is CCC1(O)CN(c2ccc(C#N)c3ccccc23)C1. The van der Waals surface area contributed by atoms with Gasteiger partial charge in [0.2, 0.25) is 0 Å². The molecule has 1 N–H and O–H groups in total. The fourth-order valence-electron chi connectivity index (χ4n) is 2.71. The highest BCUT2D eigenvalue weighted by Gasteiger charge is 2.39. The lowest BCUT2D eigenvalue weighted by Crippen LogP contribution is -2.61. The average Bonchev–Trinajstić information content (AvgIpc) is 2.43. The monoisotopic (exact) mass is 252 g/mol. The van der Waals surface area contributed by atoms with Crippen LogP contribution in [0.25, 0.3) is 10.8 Å². The minimum Gasteiger partial charge on any atom is -0.386 e. The number of fused-ring (bicyclic) bond motifs is 1. The molecule has 1 aliphatic heterocycles. The van der Waals surface area contributed by atoms with E-state index < -0.39 is 5.60 Å². The van der Waals surface area contributed by atoms with E-state index in [2.05, 4.69) is 11.0 Å². The molecule has 0 atom stereocenters. The van der Waals surface area contributed by atoms with E-state index in [-0.39, 0.29) is 0 Å². The molecule has 1 heterocycles. The molecule has 3 rings (SSSR count). The Morgan fingerprint density at radius 1 is 1.21 bits per heavy atom. The zero-order chi connectivity index (χ0) is 13.5. The van der Waals surface area contributed by atoms with Crippen molar-refractivity contribution in [2.75, 3.05) is 18.0 Å². The summed E-state index contributed by atoms with van der Waals surface area (Å²) in [5.41, 5.74) is 1.26. The van der Waals surface area contributed by atoms with Crippen molar-refractivity contribution in [3.8, 4) is 6.07 Å². The molecule has 96 valence electrons. The maximum atomic E-state index is 10.1. The van der Waals surface area contributed by atoms with Gasteiger partial charge in [0.25, 0.3) is 0 Å². The van der Waals surface area contributed by atoms with Crippen LogP contribution in [0.4, 0.5) is 5.69 Å². The van der Waals surface area contributed by atoms with Gasteiger partial charge in [0.15, 0.2) is 0 Å². The fraction of sp³-hybridized carbons (Fsp3) is 0.312. The van der Waals surface area contributed by atoms with Crippen molar-refractivity contribution in [3.05, 3.63) is 42.0 Å². The predicted octanol–water partition coefficient (Wildman–Crippen LogP) is 2.67. The van der Waals surface area contributed by atoms with Crippen LogP contribution in [-0.4, -0.2) is 23.8 Å². The lowest BCUT2D eigenvalue weighted by atomic mass is 9.89. The molecule has 0 bridgehead atoms. The molecule has 3 heteroatoms. The van der Waals surface area contributed by atoms with Crippen LogP contribution in [0.3, 0.4) is 0 Å². The van der Waals surface area contributed by atoms with Crippen molar-refractivity contribution in [2.24, 2.45) is 0 Å². The van der Waals surface area contributed by atoms with Gasteiger partial charge in [-0.05, 0) is 18.6 Å². The molecule has 0 aromatic heterocycles. The molecule has 2 aromatic carbocycles. The first-order valence-electron chi connectivity index (χ1n) is 6.56. The van der Waals surface area contributed by atoms with Crippen LogP contribution in [0.1, 0.15) is 18.9 Å². The van der Waals surface area contributed by atoms with Gasteiger partial charge in [0, 0.05) is 29.5 Å². The van der Waals surface area contributed by atoms with Crippen molar-refractivity contribution in [1.82, 2.24) is 0 Å². The zero-order valence-electron chi connectivity index (χ0n) is 10.9. The molecule has 0 unspecified atom stereocenters. The quantitative estimate of drug-likeness (QED) is 0.893. The molecular formula is C16H16N2O. The average molecular weight is 252 g/mol. The molecule has 1 aliphatic rings. The maximum Gasteiger partial charge on any atom is 0.0998 e. The summed E-state index contributed by atoms with van der Waals surface area (Å²) in [6.45, 7) is 3.34. The summed E-state index contributed by atoms with van der Waals surface area (Å²) in [5, 5.41) is 21.3. The molecule has 0 radical (unpaired) electrons. The third-order valence-corrected chi connectivity index (χ3v) is 3.99. The number of benzene rings is 2. The van der Waals surface area contributed by atoms with Crippen molar-refractivity contribution >= 4 is 16.5 Å².